The van der Waals surface area contributed by atoms with Gasteiger partial charge in [-0.1, -0.05) is 0 Å². The lowest BCUT2D eigenvalue weighted by atomic mass is 10.2. The molecule has 3 aromatic heterocycles. The summed E-state index contributed by atoms with van der Waals surface area (Å²) in [5.41, 5.74) is 3.17. The Bertz CT molecular complexity index is 809. The number of pyridine rings is 1. The van der Waals surface area contributed by atoms with Crippen LogP contribution in [0.2, 0.25) is 0 Å². The summed E-state index contributed by atoms with van der Waals surface area (Å²) >= 11 is 1.67. The molecule has 0 unspecified atom stereocenters. The highest BCUT2D eigenvalue weighted by Gasteiger charge is 2.32. The predicted octanol–water partition coefficient (Wildman–Crippen LogP) is 3.20. The van der Waals surface area contributed by atoms with E-state index in [1.807, 2.05) is 23.1 Å². The topological polar surface area (TPSA) is 51.0 Å². The van der Waals surface area contributed by atoms with Crippen molar-refractivity contribution >= 4 is 17.2 Å². The molecule has 0 radical (unpaired) electrons. The van der Waals surface area contributed by atoms with Crippen LogP contribution in [-0.2, 0) is 17.9 Å². The van der Waals surface area contributed by atoms with Gasteiger partial charge in [0.1, 0.15) is 6.54 Å². The molecule has 1 fully saturated rings. The lowest BCUT2D eigenvalue weighted by molar-refractivity contribution is -0.133. The molecule has 0 bridgehead atoms. The lowest BCUT2D eigenvalue weighted by Crippen LogP contribution is -2.35. The van der Waals surface area contributed by atoms with Crippen LogP contribution in [0.5, 0.6) is 0 Å². The van der Waals surface area contributed by atoms with Crippen LogP contribution >= 0.6 is 11.3 Å². The first-order chi connectivity index (χ1) is 11.8. The van der Waals surface area contributed by atoms with Gasteiger partial charge in [-0.15, -0.1) is 0 Å². The van der Waals surface area contributed by atoms with Gasteiger partial charge in [0.25, 0.3) is 0 Å². The third-order valence-electron chi connectivity index (χ3n) is 4.22. The van der Waals surface area contributed by atoms with Crippen molar-refractivity contribution in [3.05, 3.63) is 59.2 Å². The zero-order chi connectivity index (χ0) is 16.4. The number of hydrogen-bond acceptors (Lipinski definition) is 4. The number of rotatable bonds is 6. The molecule has 1 aliphatic carbocycles. The fourth-order valence-electron chi connectivity index (χ4n) is 2.83. The summed E-state index contributed by atoms with van der Waals surface area (Å²) in [5, 5.41) is 8.51. The second kappa shape index (κ2) is 6.57. The van der Waals surface area contributed by atoms with E-state index in [0.717, 1.165) is 24.1 Å². The summed E-state index contributed by atoms with van der Waals surface area (Å²) in [6, 6.07) is 8.27. The maximum atomic E-state index is 12.9. The minimum Gasteiger partial charge on any atom is -0.334 e. The smallest absolute Gasteiger partial charge is 0.244 e. The Morgan fingerprint density at radius 2 is 2.04 bits per heavy atom. The van der Waals surface area contributed by atoms with Gasteiger partial charge in [0.05, 0.1) is 5.69 Å². The standard InChI is InChI=1S/C18H18N4OS/c23-18(21(16-1-2-16)11-14-6-10-24-13-14)12-22-17(5-9-20-22)15-3-7-19-8-4-15/h3-10,13,16H,1-2,11-12H2. The highest BCUT2D eigenvalue weighted by Crippen LogP contribution is 2.29. The molecule has 4 rings (SSSR count). The van der Waals surface area contributed by atoms with Crippen LogP contribution in [-0.4, -0.2) is 31.6 Å². The minimum absolute atomic E-state index is 0.128. The molecule has 24 heavy (non-hydrogen) atoms. The van der Waals surface area contributed by atoms with Gasteiger partial charge < -0.3 is 4.90 Å². The Morgan fingerprint density at radius 3 is 2.75 bits per heavy atom. The van der Waals surface area contributed by atoms with Gasteiger partial charge in [-0.3, -0.25) is 14.5 Å². The third-order valence-corrected chi connectivity index (χ3v) is 4.95. The average molecular weight is 338 g/mol. The number of carbonyl (C=O) groups excluding carboxylic acids is 1. The van der Waals surface area contributed by atoms with Crippen molar-refractivity contribution in [2.75, 3.05) is 0 Å². The number of carbonyl (C=O) groups is 1. The summed E-state index contributed by atoms with van der Waals surface area (Å²) in [6.07, 6.45) is 7.45. The predicted molar refractivity (Wildman–Crippen MR) is 93.3 cm³/mol. The van der Waals surface area contributed by atoms with E-state index in [9.17, 15) is 4.79 Å². The number of hydrogen-bond donors (Lipinski definition) is 0. The van der Waals surface area contributed by atoms with E-state index in [1.54, 1.807) is 34.6 Å². The molecule has 1 saturated carbocycles. The summed E-state index contributed by atoms with van der Waals surface area (Å²) in [6.45, 7) is 0.962. The SMILES string of the molecule is O=C(Cn1nccc1-c1ccncc1)N(Cc1ccsc1)C1CC1. The van der Waals surface area contributed by atoms with Crippen molar-refractivity contribution in [1.82, 2.24) is 19.7 Å². The molecule has 6 heteroatoms. The van der Waals surface area contributed by atoms with Crippen molar-refractivity contribution < 1.29 is 4.79 Å². The zero-order valence-electron chi connectivity index (χ0n) is 13.2. The molecule has 0 atom stereocenters. The molecule has 122 valence electrons. The Hall–Kier alpha value is -2.47. The molecule has 5 nitrogen and oxygen atoms in total. The van der Waals surface area contributed by atoms with Crippen LogP contribution in [0.25, 0.3) is 11.3 Å². The van der Waals surface area contributed by atoms with Crippen LogP contribution in [0.4, 0.5) is 0 Å². The molecular formula is C18H18N4OS. The normalized spacial score (nSPS) is 13.8. The van der Waals surface area contributed by atoms with Gasteiger partial charge in [-0.2, -0.15) is 16.4 Å². The Kier molecular flexibility index (Phi) is 4.13. The maximum Gasteiger partial charge on any atom is 0.244 e. The largest absolute Gasteiger partial charge is 0.334 e. The maximum absolute atomic E-state index is 12.9. The van der Waals surface area contributed by atoms with Crippen LogP contribution in [0, 0.1) is 0 Å². The van der Waals surface area contributed by atoms with Gasteiger partial charge in [0.2, 0.25) is 5.91 Å². The van der Waals surface area contributed by atoms with Crippen molar-refractivity contribution in [3.63, 3.8) is 0 Å². The van der Waals surface area contributed by atoms with E-state index in [-0.39, 0.29) is 12.5 Å². The highest BCUT2D eigenvalue weighted by atomic mass is 32.1. The Labute approximate surface area is 144 Å². The number of amides is 1. The van der Waals surface area contributed by atoms with E-state index >= 15 is 0 Å². The van der Waals surface area contributed by atoms with Gasteiger partial charge in [-0.05, 0) is 53.4 Å². The van der Waals surface area contributed by atoms with Crippen LogP contribution < -0.4 is 0 Å². The summed E-state index contributed by atoms with van der Waals surface area (Å²) in [4.78, 5) is 18.9. The van der Waals surface area contributed by atoms with Crippen LogP contribution in [0.3, 0.4) is 0 Å². The molecule has 1 amide bonds. The molecule has 0 saturated heterocycles. The van der Waals surface area contributed by atoms with E-state index in [1.165, 1.54) is 5.56 Å². The van der Waals surface area contributed by atoms with Gasteiger partial charge >= 0.3 is 0 Å². The van der Waals surface area contributed by atoms with E-state index in [4.69, 9.17) is 0 Å². The minimum atomic E-state index is 0.128. The zero-order valence-corrected chi connectivity index (χ0v) is 14.0. The molecule has 0 aromatic carbocycles. The van der Waals surface area contributed by atoms with Gasteiger partial charge in [-0.25, -0.2) is 0 Å². The number of aromatic nitrogens is 3. The van der Waals surface area contributed by atoms with Crippen molar-refractivity contribution in [2.24, 2.45) is 0 Å². The van der Waals surface area contributed by atoms with Gasteiger partial charge in [0, 0.05) is 36.7 Å². The van der Waals surface area contributed by atoms with Crippen molar-refractivity contribution in [2.45, 2.75) is 32.0 Å². The second-order valence-corrected chi connectivity index (χ2v) is 6.77. The first-order valence-corrected chi connectivity index (χ1v) is 8.98. The second-order valence-electron chi connectivity index (χ2n) is 5.99. The van der Waals surface area contributed by atoms with E-state index in [2.05, 4.69) is 26.9 Å². The first kappa shape index (κ1) is 15.1. The molecule has 0 N–H and O–H groups in total. The number of nitrogens with zero attached hydrogens (tertiary/aromatic N) is 4. The molecule has 0 aliphatic heterocycles. The fourth-order valence-corrected chi connectivity index (χ4v) is 3.49. The van der Waals surface area contributed by atoms with E-state index < -0.39 is 0 Å². The average Bonchev–Trinajstić information content (AvgIpc) is 3.12. The Morgan fingerprint density at radius 1 is 1.21 bits per heavy atom. The molecular weight excluding hydrogens is 320 g/mol. The van der Waals surface area contributed by atoms with E-state index in [0.29, 0.717) is 12.6 Å². The van der Waals surface area contributed by atoms with Crippen molar-refractivity contribution in [1.29, 1.82) is 0 Å². The third kappa shape index (κ3) is 3.23. The molecule has 0 spiro atoms. The summed E-state index contributed by atoms with van der Waals surface area (Å²) < 4.78 is 1.78. The fraction of sp³-hybridized carbons (Fsp3) is 0.278. The number of thiophene rings is 1. The van der Waals surface area contributed by atoms with Crippen LogP contribution in [0.15, 0.2) is 53.6 Å². The quantitative estimate of drug-likeness (QED) is 0.693. The highest BCUT2D eigenvalue weighted by molar-refractivity contribution is 7.07. The Balaban J connectivity index is 1.52. The molecule has 3 heterocycles. The first-order valence-electron chi connectivity index (χ1n) is 8.04. The molecule has 1 aliphatic rings. The van der Waals surface area contributed by atoms with Crippen LogP contribution in [0.1, 0.15) is 18.4 Å². The summed E-state index contributed by atoms with van der Waals surface area (Å²) in [5.74, 6) is 0.128. The molecule has 3 aromatic rings. The van der Waals surface area contributed by atoms with Gasteiger partial charge in [0.15, 0.2) is 0 Å². The lowest BCUT2D eigenvalue weighted by Gasteiger charge is -2.22. The van der Waals surface area contributed by atoms with Crippen molar-refractivity contribution in [3.8, 4) is 11.3 Å². The monoisotopic (exact) mass is 338 g/mol. The summed E-state index contributed by atoms with van der Waals surface area (Å²) in [7, 11) is 0.